The monoisotopic (exact) mass is 224 g/mol. The van der Waals surface area contributed by atoms with Gasteiger partial charge in [-0.15, -0.1) is 0 Å². The van der Waals surface area contributed by atoms with Crippen molar-refractivity contribution in [1.82, 2.24) is 10.2 Å². The summed E-state index contributed by atoms with van der Waals surface area (Å²) < 4.78 is 0. The maximum atomic E-state index is 3.72. The molecule has 0 aromatic carbocycles. The second-order valence-corrected chi connectivity index (χ2v) is 5.99. The molecule has 94 valence electrons. The molecule has 2 fully saturated rings. The maximum Gasteiger partial charge on any atom is 0.0107 e. The highest BCUT2D eigenvalue weighted by Gasteiger charge is 2.22. The predicted octanol–water partition coefficient (Wildman–Crippen LogP) is 2.64. The third kappa shape index (κ3) is 3.46. The van der Waals surface area contributed by atoms with Gasteiger partial charge in [0, 0.05) is 25.2 Å². The third-order valence-electron chi connectivity index (χ3n) is 4.54. The molecule has 2 heteroatoms. The van der Waals surface area contributed by atoms with E-state index in [0.717, 1.165) is 18.0 Å². The number of hydrogen-bond acceptors (Lipinski definition) is 2. The summed E-state index contributed by atoms with van der Waals surface area (Å²) in [7, 11) is 2.30. The molecule has 0 spiro atoms. The first-order chi connectivity index (χ1) is 7.75. The average molecular weight is 224 g/mol. The van der Waals surface area contributed by atoms with E-state index in [0.29, 0.717) is 0 Å². The van der Waals surface area contributed by atoms with Crippen LogP contribution in [-0.2, 0) is 0 Å². The van der Waals surface area contributed by atoms with Crippen LogP contribution in [0.15, 0.2) is 0 Å². The van der Waals surface area contributed by atoms with Crippen LogP contribution in [-0.4, -0.2) is 37.1 Å². The van der Waals surface area contributed by atoms with Crippen molar-refractivity contribution in [3.63, 3.8) is 0 Å². The first-order valence-corrected chi connectivity index (χ1v) is 7.19. The SMILES string of the molecule is CC1CCC(NCCN(C)C2CCCC2)C1. The highest BCUT2D eigenvalue weighted by atomic mass is 15.1. The summed E-state index contributed by atoms with van der Waals surface area (Å²) >= 11 is 0. The molecule has 2 aliphatic carbocycles. The van der Waals surface area contributed by atoms with Crippen molar-refractivity contribution in [2.45, 2.75) is 64.0 Å². The highest BCUT2D eigenvalue weighted by Crippen LogP contribution is 2.24. The van der Waals surface area contributed by atoms with Crippen LogP contribution in [0.3, 0.4) is 0 Å². The summed E-state index contributed by atoms with van der Waals surface area (Å²) in [5.74, 6) is 0.949. The van der Waals surface area contributed by atoms with Crippen LogP contribution in [0, 0.1) is 5.92 Å². The Bertz CT molecular complexity index is 199. The Labute approximate surface area is 101 Å². The Balaban J connectivity index is 1.56. The van der Waals surface area contributed by atoms with Crippen molar-refractivity contribution in [3.05, 3.63) is 0 Å². The molecule has 2 saturated carbocycles. The topological polar surface area (TPSA) is 15.3 Å². The largest absolute Gasteiger partial charge is 0.313 e. The van der Waals surface area contributed by atoms with Gasteiger partial charge in [0.25, 0.3) is 0 Å². The summed E-state index contributed by atoms with van der Waals surface area (Å²) in [6, 6.07) is 1.69. The third-order valence-corrected chi connectivity index (χ3v) is 4.54. The fourth-order valence-corrected chi connectivity index (χ4v) is 3.37. The van der Waals surface area contributed by atoms with Gasteiger partial charge >= 0.3 is 0 Å². The smallest absolute Gasteiger partial charge is 0.0107 e. The second kappa shape index (κ2) is 6.02. The molecule has 0 aliphatic heterocycles. The van der Waals surface area contributed by atoms with E-state index in [2.05, 4.69) is 24.2 Å². The van der Waals surface area contributed by atoms with Gasteiger partial charge in [0.2, 0.25) is 0 Å². The lowest BCUT2D eigenvalue weighted by molar-refractivity contribution is 0.242. The standard InChI is InChI=1S/C14H28N2/c1-12-7-8-13(11-12)15-9-10-16(2)14-5-3-4-6-14/h12-15H,3-11H2,1-2H3. The molecule has 0 radical (unpaired) electrons. The Hall–Kier alpha value is -0.0800. The van der Waals surface area contributed by atoms with Gasteiger partial charge in [-0.3, -0.25) is 0 Å². The molecular formula is C14H28N2. The molecule has 2 atom stereocenters. The quantitative estimate of drug-likeness (QED) is 0.772. The molecule has 0 heterocycles. The van der Waals surface area contributed by atoms with Crippen LogP contribution in [0.25, 0.3) is 0 Å². The molecule has 0 aromatic rings. The molecule has 0 bridgehead atoms. The van der Waals surface area contributed by atoms with Crippen molar-refractivity contribution < 1.29 is 0 Å². The molecular weight excluding hydrogens is 196 g/mol. The first-order valence-electron chi connectivity index (χ1n) is 7.19. The summed E-state index contributed by atoms with van der Waals surface area (Å²) in [5, 5.41) is 3.72. The maximum absolute atomic E-state index is 3.72. The number of nitrogens with one attached hydrogen (secondary N) is 1. The molecule has 0 aromatic heterocycles. The van der Waals surface area contributed by atoms with Gasteiger partial charge < -0.3 is 10.2 Å². The number of nitrogens with zero attached hydrogens (tertiary/aromatic N) is 1. The molecule has 2 aliphatic rings. The van der Waals surface area contributed by atoms with Crippen LogP contribution in [0.2, 0.25) is 0 Å². The zero-order valence-corrected chi connectivity index (χ0v) is 11.0. The van der Waals surface area contributed by atoms with Crippen molar-refractivity contribution in [2.24, 2.45) is 5.92 Å². The molecule has 2 unspecified atom stereocenters. The highest BCUT2D eigenvalue weighted by molar-refractivity contribution is 4.80. The van der Waals surface area contributed by atoms with Crippen LogP contribution in [0.4, 0.5) is 0 Å². The Morgan fingerprint density at radius 3 is 2.50 bits per heavy atom. The van der Waals surface area contributed by atoms with Gasteiger partial charge in [-0.05, 0) is 45.1 Å². The van der Waals surface area contributed by atoms with Crippen LogP contribution in [0.1, 0.15) is 51.9 Å². The van der Waals surface area contributed by atoms with E-state index >= 15 is 0 Å². The zero-order chi connectivity index (χ0) is 11.4. The van der Waals surface area contributed by atoms with Crippen LogP contribution < -0.4 is 5.32 Å². The number of hydrogen-bond donors (Lipinski definition) is 1. The van der Waals surface area contributed by atoms with Crippen LogP contribution >= 0.6 is 0 Å². The zero-order valence-electron chi connectivity index (χ0n) is 11.0. The molecule has 2 nitrogen and oxygen atoms in total. The van der Waals surface area contributed by atoms with Crippen molar-refractivity contribution >= 4 is 0 Å². The van der Waals surface area contributed by atoms with Gasteiger partial charge in [-0.1, -0.05) is 19.8 Å². The Kier molecular flexibility index (Phi) is 4.66. The van der Waals surface area contributed by atoms with E-state index in [1.807, 2.05) is 0 Å². The summed E-state index contributed by atoms with van der Waals surface area (Å²) in [5.41, 5.74) is 0. The summed E-state index contributed by atoms with van der Waals surface area (Å²) in [4.78, 5) is 2.57. The minimum atomic E-state index is 0.812. The van der Waals surface area contributed by atoms with E-state index < -0.39 is 0 Å². The van der Waals surface area contributed by atoms with E-state index in [1.54, 1.807) is 0 Å². The molecule has 0 amide bonds. The van der Waals surface area contributed by atoms with Crippen molar-refractivity contribution in [2.75, 3.05) is 20.1 Å². The van der Waals surface area contributed by atoms with Crippen LogP contribution in [0.5, 0.6) is 0 Å². The summed E-state index contributed by atoms with van der Waals surface area (Å²) in [6.07, 6.45) is 9.97. The minimum absolute atomic E-state index is 0.812. The normalized spacial score (nSPS) is 31.7. The lowest BCUT2D eigenvalue weighted by Crippen LogP contribution is -2.38. The van der Waals surface area contributed by atoms with Gasteiger partial charge in [0.05, 0.1) is 0 Å². The summed E-state index contributed by atoms with van der Waals surface area (Å²) in [6.45, 7) is 4.80. The molecule has 1 N–H and O–H groups in total. The Morgan fingerprint density at radius 2 is 1.88 bits per heavy atom. The molecule has 0 saturated heterocycles. The van der Waals surface area contributed by atoms with Gasteiger partial charge in [0.1, 0.15) is 0 Å². The molecule has 2 rings (SSSR count). The van der Waals surface area contributed by atoms with Gasteiger partial charge in [-0.2, -0.15) is 0 Å². The predicted molar refractivity (Wildman–Crippen MR) is 69.7 cm³/mol. The second-order valence-electron chi connectivity index (χ2n) is 5.99. The molecule has 16 heavy (non-hydrogen) atoms. The Morgan fingerprint density at radius 1 is 1.12 bits per heavy atom. The van der Waals surface area contributed by atoms with Crippen molar-refractivity contribution in [1.29, 1.82) is 0 Å². The number of rotatable bonds is 5. The van der Waals surface area contributed by atoms with Gasteiger partial charge in [0.15, 0.2) is 0 Å². The van der Waals surface area contributed by atoms with Crippen molar-refractivity contribution in [3.8, 4) is 0 Å². The fraction of sp³-hybridized carbons (Fsp3) is 1.00. The first kappa shape index (κ1) is 12.4. The lowest BCUT2D eigenvalue weighted by atomic mass is 10.1. The van der Waals surface area contributed by atoms with E-state index in [1.165, 1.54) is 58.0 Å². The van der Waals surface area contributed by atoms with E-state index in [-0.39, 0.29) is 0 Å². The van der Waals surface area contributed by atoms with Gasteiger partial charge in [-0.25, -0.2) is 0 Å². The average Bonchev–Trinajstić information content (AvgIpc) is 2.89. The minimum Gasteiger partial charge on any atom is -0.313 e. The lowest BCUT2D eigenvalue weighted by Gasteiger charge is -2.25. The fourth-order valence-electron chi connectivity index (χ4n) is 3.37. The van der Waals surface area contributed by atoms with E-state index in [9.17, 15) is 0 Å². The van der Waals surface area contributed by atoms with E-state index in [4.69, 9.17) is 0 Å². The number of likely N-dealkylation sites (N-methyl/N-ethyl adjacent to an activating group) is 1.